The Labute approximate surface area is 113 Å². The fraction of sp³-hybridized carbons (Fsp3) is 1.00. The van der Waals surface area contributed by atoms with Gasteiger partial charge in [-0.2, -0.15) is 0 Å². The van der Waals surface area contributed by atoms with E-state index in [4.69, 9.17) is 10.5 Å². The van der Waals surface area contributed by atoms with Crippen LogP contribution in [0, 0.1) is 23.7 Å². The van der Waals surface area contributed by atoms with E-state index in [1.807, 2.05) is 0 Å². The van der Waals surface area contributed by atoms with E-state index in [0.717, 1.165) is 26.2 Å². The van der Waals surface area contributed by atoms with Crippen LogP contribution in [0.2, 0.25) is 0 Å². The predicted octanol–water partition coefficient (Wildman–Crippen LogP) is 2.26. The Morgan fingerprint density at radius 1 is 1.28 bits per heavy atom. The molecule has 0 aromatic carbocycles. The maximum absolute atomic E-state index is 6.05. The highest BCUT2D eigenvalue weighted by Crippen LogP contribution is 2.27. The number of nitrogens with two attached hydrogens (primary N) is 1. The SMILES string of the molecule is CC(C)C(CNC1(CN)CCOCC1C)C(C)C. The lowest BCUT2D eigenvalue weighted by Gasteiger charge is -2.44. The van der Waals surface area contributed by atoms with Gasteiger partial charge in [-0.15, -0.1) is 0 Å². The van der Waals surface area contributed by atoms with Crippen LogP contribution in [0.25, 0.3) is 0 Å². The molecule has 1 heterocycles. The van der Waals surface area contributed by atoms with Crippen LogP contribution in [0.3, 0.4) is 0 Å². The highest BCUT2D eigenvalue weighted by atomic mass is 16.5. The Morgan fingerprint density at radius 3 is 2.33 bits per heavy atom. The summed E-state index contributed by atoms with van der Waals surface area (Å²) in [5.74, 6) is 2.63. The van der Waals surface area contributed by atoms with Crippen molar-refractivity contribution >= 4 is 0 Å². The Hall–Kier alpha value is -0.120. The third-order valence-corrected chi connectivity index (χ3v) is 4.77. The number of ether oxygens (including phenoxy) is 1. The average Bonchev–Trinajstić information content (AvgIpc) is 2.31. The van der Waals surface area contributed by atoms with Crippen LogP contribution in [-0.2, 0) is 4.74 Å². The second kappa shape index (κ2) is 6.88. The molecule has 0 bridgehead atoms. The topological polar surface area (TPSA) is 47.3 Å². The molecule has 2 unspecified atom stereocenters. The lowest BCUT2D eigenvalue weighted by atomic mass is 9.79. The van der Waals surface area contributed by atoms with Crippen molar-refractivity contribution in [2.75, 3.05) is 26.3 Å². The molecule has 3 N–H and O–H groups in total. The Kier molecular flexibility index (Phi) is 6.09. The van der Waals surface area contributed by atoms with E-state index in [1.54, 1.807) is 0 Å². The van der Waals surface area contributed by atoms with Crippen LogP contribution < -0.4 is 11.1 Å². The molecule has 0 saturated carbocycles. The van der Waals surface area contributed by atoms with Crippen LogP contribution in [-0.4, -0.2) is 31.8 Å². The molecular weight excluding hydrogens is 224 g/mol. The van der Waals surface area contributed by atoms with Gasteiger partial charge in [0.05, 0.1) is 6.61 Å². The zero-order valence-corrected chi connectivity index (χ0v) is 12.8. The molecule has 0 aliphatic carbocycles. The molecule has 18 heavy (non-hydrogen) atoms. The quantitative estimate of drug-likeness (QED) is 0.766. The van der Waals surface area contributed by atoms with Gasteiger partial charge in [0, 0.05) is 18.7 Å². The molecule has 0 amide bonds. The van der Waals surface area contributed by atoms with E-state index in [9.17, 15) is 0 Å². The van der Waals surface area contributed by atoms with Crippen LogP contribution in [0.5, 0.6) is 0 Å². The Bertz CT molecular complexity index is 235. The summed E-state index contributed by atoms with van der Waals surface area (Å²) in [5, 5.41) is 3.79. The van der Waals surface area contributed by atoms with E-state index in [0.29, 0.717) is 30.2 Å². The second-order valence-electron chi connectivity index (χ2n) is 6.62. The van der Waals surface area contributed by atoms with Gasteiger partial charge in [0.15, 0.2) is 0 Å². The minimum absolute atomic E-state index is 0.0836. The summed E-state index contributed by atoms with van der Waals surface area (Å²) >= 11 is 0. The highest BCUT2D eigenvalue weighted by molar-refractivity contribution is 4.96. The lowest BCUT2D eigenvalue weighted by Crippen LogP contribution is -2.60. The van der Waals surface area contributed by atoms with E-state index in [1.165, 1.54) is 0 Å². The zero-order chi connectivity index (χ0) is 13.8. The number of hydrogen-bond donors (Lipinski definition) is 2. The minimum Gasteiger partial charge on any atom is -0.381 e. The highest BCUT2D eigenvalue weighted by Gasteiger charge is 2.37. The average molecular weight is 256 g/mol. The van der Waals surface area contributed by atoms with Gasteiger partial charge in [0.25, 0.3) is 0 Å². The van der Waals surface area contributed by atoms with Crippen molar-refractivity contribution in [3.63, 3.8) is 0 Å². The third-order valence-electron chi connectivity index (χ3n) is 4.77. The molecule has 0 radical (unpaired) electrons. The van der Waals surface area contributed by atoms with Gasteiger partial charge in [-0.1, -0.05) is 34.6 Å². The maximum atomic E-state index is 6.05. The standard InChI is InChI=1S/C15H32N2O/c1-11(2)14(12(3)4)8-17-15(10-16)6-7-18-9-13(15)5/h11-14,17H,6-10,16H2,1-5H3. The minimum atomic E-state index is 0.0836. The van der Waals surface area contributed by atoms with Crippen LogP contribution in [0.4, 0.5) is 0 Å². The van der Waals surface area contributed by atoms with Crippen molar-refractivity contribution in [3.05, 3.63) is 0 Å². The summed E-state index contributed by atoms with van der Waals surface area (Å²) < 4.78 is 5.55. The van der Waals surface area contributed by atoms with Crippen molar-refractivity contribution in [1.82, 2.24) is 5.32 Å². The normalized spacial score (nSPS) is 29.5. The Morgan fingerprint density at radius 2 is 1.89 bits per heavy atom. The van der Waals surface area contributed by atoms with E-state index in [2.05, 4.69) is 39.9 Å². The van der Waals surface area contributed by atoms with Gasteiger partial charge in [-0.05, 0) is 36.6 Å². The summed E-state index contributed by atoms with van der Waals surface area (Å²) in [4.78, 5) is 0. The number of hydrogen-bond acceptors (Lipinski definition) is 3. The molecule has 1 saturated heterocycles. The molecule has 1 rings (SSSR count). The van der Waals surface area contributed by atoms with Crippen molar-refractivity contribution in [2.45, 2.75) is 46.6 Å². The van der Waals surface area contributed by atoms with E-state index >= 15 is 0 Å². The molecule has 3 nitrogen and oxygen atoms in total. The predicted molar refractivity (Wildman–Crippen MR) is 77.6 cm³/mol. The molecule has 0 aromatic heterocycles. The molecule has 3 heteroatoms. The van der Waals surface area contributed by atoms with Gasteiger partial charge >= 0.3 is 0 Å². The monoisotopic (exact) mass is 256 g/mol. The summed E-state index contributed by atoms with van der Waals surface area (Å²) in [6, 6.07) is 0. The molecule has 1 aliphatic heterocycles. The van der Waals surface area contributed by atoms with Gasteiger partial charge < -0.3 is 15.8 Å². The molecule has 0 spiro atoms. The first-order valence-corrected chi connectivity index (χ1v) is 7.45. The first-order valence-electron chi connectivity index (χ1n) is 7.45. The van der Waals surface area contributed by atoms with Crippen molar-refractivity contribution in [1.29, 1.82) is 0 Å². The first kappa shape index (κ1) is 15.9. The Balaban J connectivity index is 2.62. The summed E-state index contributed by atoms with van der Waals surface area (Å²) in [6.07, 6.45) is 1.04. The molecule has 1 aliphatic rings. The lowest BCUT2D eigenvalue weighted by molar-refractivity contribution is -0.00620. The van der Waals surface area contributed by atoms with Gasteiger partial charge in [0.1, 0.15) is 0 Å². The number of nitrogens with one attached hydrogen (secondary N) is 1. The van der Waals surface area contributed by atoms with Gasteiger partial charge in [-0.3, -0.25) is 0 Å². The fourth-order valence-corrected chi connectivity index (χ4v) is 3.12. The van der Waals surface area contributed by atoms with E-state index < -0.39 is 0 Å². The van der Waals surface area contributed by atoms with Crippen LogP contribution in [0.1, 0.15) is 41.0 Å². The fourth-order valence-electron chi connectivity index (χ4n) is 3.12. The molecular formula is C15H32N2O. The molecule has 0 aromatic rings. The number of rotatable bonds is 6. The third kappa shape index (κ3) is 3.69. The van der Waals surface area contributed by atoms with Crippen molar-refractivity contribution in [3.8, 4) is 0 Å². The summed E-state index contributed by atoms with van der Waals surface area (Å²) in [7, 11) is 0. The summed E-state index contributed by atoms with van der Waals surface area (Å²) in [6.45, 7) is 14.9. The van der Waals surface area contributed by atoms with Crippen molar-refractivity contribution < 1.29 is 4.74 Å². The van der Waals surface area contributed by atoms with Crippen LogP contribution >= 0.6 is 0 Å². The van der Waals surface area contributed by atoms with E-state index in [-0.39, 0.29) is 5.54 Å². The van der Waals surface area contributed by atoms with Crippen LogP contribution in [0.15, 0.2) is 0 Å². The molecule has 1 fully saturated rings. The first-order chi connectivity index (χ1) is 8.43. The maximum Gasteiger partial charge on any atom is 0.0509 e. The van der Waals surface area contributed by atoms with Gasteiger partial charge in [0.2, 0.25) is 0 Å². The largest absolute Gasteiger partial charge is 0.381 e. The zero-order valence-electron chi connectivity index (χ0n) is 12.8. The molecule has 108 valence electrons. The second-order valence-corrected chi connectivity index (χ2v) is 6.62. The van der Waals surface area contributed by atoms with Gasteiger partial charge in [-0.25, -0.2) is 0 Å². The van der Waals surface area contributed by atoms with Crippen molar-refractivity contribution in [2.24, 2.45) is 29.4 Å². The summed E-state index contributed by atoms with van der Waals surface area (Å²) in [5.41, 5.74) is 6.13. The smallest absolute Gasteiger partial charge is 0.0509 e. The molecule has 2 atom stereocenters.